The predicted octanol–water partition coefficient (Wildman–Crippen LogP) is 3.30. The van der Waals surface area contributed by atoms with E-state index in [0.717, 1.165) is 53.6 Å². The van der Waals surface area contributed by atoms with Gasteiger partial charge in [-0.1, -0.05) is 6.07 Å². The molecule has 2 heterocycles. The van der Waals surface area contributed by atoms with Crippen LogP contribution < -0.4 is 4.74 Å². The Hall–Kier alpha value is -2.40. The first-order chi connectivity index (χ1) is 13.0. The average molecular weight is 366 g/mol. The number of carbonyl (C=O) groups is 1. The Morgan fingerprint density at radius 3 is 2.70 bits per heavy atom. The number of hydrogen-bond donors (Lipinski definition) is 1. The van der Waals surface area contributed by atoms with E-state index in [-0.39, 0.29) is 18.7 Å². The standard InChI is InChI=1S/C22H26N2O3/c1-13-7-8-16(11-23-13)9-17-10-18-21(15(3)14(17)2)27-12-24(22(18)26)19-5-4-6-20(19)25/h7-8,10-11,19-20,25H,4-6,9,12H2,1-3H3/t19?,20-/m0/s1. The molecule has 1 N–H and O–H groups in total. The van der Waals surface area contributed by atoms with Gasteiger partial charge in [-0.25, -0.2) is 0 Å². The van der Waals surface area contributed by atoms with Crippen LogP contribution in [0.4, 0.5) is 0 Å². The summed E-state index contributed by atoms with van der Waals surface area (Å²) in [7, 11) is 0. The summed E-state index contributed by atoms with van der Waals surface area (Å²) in [5.74, 6) is 0.653. The lowest BCUT2D eigenvalue weighted by Crippen LogP contribution is -2.48. The Bertz CT molecular complexity index is 876. The summed E-state index contributed by atoms with van der Waals surface area (Å²) in [5.41, 5.74) is 6.00. The molecule has 0 saturated heterocycles. The lowest BCUT2D eigenvalue weighted by atomic mass is 9.93. The molecule has 1 aliphatic heterocycles. The van der Waals surface area contributed by atoms with Crippen LogP contribution in [0.3, 0.4) is 0 Å². The van der Waals surface area contributed by atoms with Gasteiger partial charge in [0, 0.05) is 11.9 Å². The van der Waals surface area contributed by atoms with E-state index in [9.17, 15) is 9.90 Å². The summed E-state index contributed by atoms with van der Waals surface area (Å²) in [5, 5.41) is 10.2. The van der Waals surface area contributed by atoms with Crippen molar-refractivity contribution in [3.05, 3.63) is 57.9 Å². The Kier molecular flexibility index (Phi) is 4.64. The van der Waals surface area contributed by atoms with Crippen molar-refractivity contribution in [1.29, 1.82) is 0 Å². The molecule has 0 bridgehead atoms. The van der Waals surface area contributed by atoms with Crippen LogP contribution in [0.2, 0.25) is 0 Å². The first kappa shape index (κ1) is 18.0. The van der Waals surface area contributed by atoms with Crippen LogP contribution in [0.25, 0.3) is 0 Å². The highest BCUT2D eigenvalue weighted by atomic mass is 16.5. The molecule has 2 aliphatic rings. The van der Waals surface area contributed by atoms with Crippen molar-refractivity contribution in [2.24, 2.45) is 0 Å². The number of amides is 1. The number of aliphatic hydroxyl groups is 1. The van der Waals surface area contributed by atoms with Gasteiger partial charge in [0.25, 0.3) is 5.91 Å². The first-order valence-corrected chi connectivity index (χ1v) is 9.62. The van der Waals surface area contributed by atoms with Crippen LogP contribution in [-0.2, 0) is 6.42 Å². The van der Waals surface area contributed by atoms with Gasteiger partial charge in [-0.3, -0.25) is 14.7 Å². The van der Waals surface area contributed by atoms with Crippen molar-refractivity contribution in [2.75, 3.05) is 6.73 Å². The van der Waals surface area contributed by atoms with Gasteiger partial charge in [0.1, 0.15) is 5.75 Å². The lowest BCUT2D eigenvalue weighted by Gasteiger charge is -2.36. The number of carbonyl (C=O) groups excluding carboxylic acids is 1. The van der Waals surface area contributed by atoms with Crippen LogP contribution in [0.5, 0.6) is 5.75 Å². The highest BCUT2D eigenvalue weighted by Crippen LogP contribution is 2.36. The number of aliphatic hydroxyl groups excluding tert-OH is 1. The van der Waals surface area contributed by atoms with Gasteiger partial charge >= 0.3 is 0 Å². The molecule has 0 spiro atoms. The highest BCUT2D eigenvalue weighted by molar-refractivity contribution is 5.99. The van der Waals surface area contributed by atoms with Crippen molar-refractivity contribution in [3.8, 4) is 5.75 Å². The predicted molar refractivity (Wildman–Crippen MR) is 103 cm³/mol. The fourth-order valence-corrected chi connectivity index (χ4v) is 4.19. The molecule has 1 fully saturated rings. The zero-order chi connectivity index (χ0) is 19.1. The summed E-state index contributed by atoms with van der Waals surface area (Å²) in [6, 6.07) is 5.91. The van der Waals surface area contributed by atoms with Crippen molar-refractivity contribution in [1.82, 2.24) is 9.88 Å². The van der Waals surface area contributed by atoms with Crippen molar-refractivity contribution < 1.29 is 14.6 Å². The minimum absolute atomic E-state index is 0.0337. The maximum absolute atomic E-state index is 13.2. The van der Waals surface area contributed by atoms with Crippen LogP contribution in [0.1, 0.15) is 57.6 Å². The van der Waals surface area contributed by atoms with E-state index in [4.69, 9.17) is 4.74 Å². The maximum Gasteiger partial charge on any atom is 0.260 e. The van der Waals surface area contributed by atoms with Gasteiger partial charge in [-0.15, -0.1) is 0 Å². The third-order valence-electron chi connectivity index (χ3n) is 6.00. The quantitative estimate of drug-likeness (QED) is 0.905. The minimum atomic E-state index is -0.455. The molecule has 5 nitrogen and oxygen atoms in total. The average Bonchev–Trinajstić information content (AvgIpc) is 3.08. The number of benzene rings is 1. The molecule has 4 rings (SSSR count). The minimum Gasteiger partial charge on any atom is -0.472 e. The SMILES string of the molecule is Cc1ccc(Cc2cc3c(c(C)c2C)OCN(C2CCC[C@@H]2O)C3=O)cn1. The monoisotopic (exact) mass is 366 g/mol. The van der Waals surface area contributed by atoms with Crippen molar-refractivity contribution in [3.63, 3.8) is 0 Å². The lowest BCUT2D eigenvalue weighted by molar-refractivity contribution is 0.0125. The maximum atomic E-state index is 13.2. The summed E-state index contributed by atoms with van der Waals surface area (Å²) < 4.78 is 5.98. The van der Waals surface area contributed by atoms with Gasteiger partial charge in [-0.2, -0.15) is 0 Å². The van der Waals surface area contributed by atoms with E-state index in [2.05, 4.69) is 18.0 Å². The van der Waals surface area contributed by atoms with E-state index in [0.29, 0.717) is 11.3 Å². The Morgan fingerprint density at radius 1 is 1.22 bits per heavy atom. The number of ether oxygens (including phenoxy) is 1. The normalized spacial score (nSPS) is 21.9. The molecular weight excluding hydrogens is 340 g/mol. The molecule has 1 aromatic heterocycles. The number of nitrogens with zero attached hydrogens (tertiary/aromatic N) is 2. The zero-order valence-corrected chi connectivity index (χ0v) is 16.2. The number of aromatic nitrogens is 1. The number of pyridine rings is 1. The summed E-state index contributed by atoms with van der Waals surface area (Å²) in [6.07, 6.45) is 4.69. The van der Waals surface area contributed by atoms with Gasteiger partial charge in [-0.05, 0) is 80.8 Å². The fraction of sp³-hybridized carbons (Fsp3) is 0.455. The molecule has 1 aliphatic carbocycles. The Labute approximate surface area is 160 Å². The zero-order valence-electron chi connectivity index (χ0n) is 16.2. The number of fused-ring (bicyclic) bond motifs is 1. The third kappa shape index (κ3) is 3.21. The van der Waals surface area contributed by atoms with E-state index in [1.807, 2.05) is 32.2 Å². The van der Waals surface area contributed by atoms with Crippen molar-refractivity contribution >= 4 is 5.91 Å². The third-order valence-corrected chi connectivity index (χ3v) is 6.00. The molecule has 1 saturated carbocycles. The molecule has 1 unspecified atom stereocenters. The smallest absolute Gasteiger partial charge is 0.260 e. The van der Waals surface area contributed by atoms with Crippen LogP contribution in [0.15, 0.2) is 24.4 Å². The Morgan fingerprint density at radius 2 is 2.04 bits per heavy atom. The van der Waals surface area contributed by atoms with E-state index < -0.39 is 6.10 Å². The topological polar surface area (TPSA) is 62.7 Å². The molecule has 5 heteroatoms. The van der Waals surface area contributed by atoms with Gasteiger partial charge in [0.05, 0.1) is 17.7 Å². The van der Waals surface area contributed by atoms with Gasteiger partial charge < -0.3 is 9.84 Å². The number of aryl methyl sites for hydroxylation is 1. The second-order valence-electron chi connectivity index (χ2n) is 7.76. The van der Waals surface area contributed by atoms with Crippen molar-refractivity contribution in [2.45, 2.75) is 58.6 Å². The second kappa shape index (κ2) is 6.97. The largest absolute Gasteiger partial charge is 0.472 e. The van der Waals surface area contributed by atoms with Crippen LogP contribution in [0, 0.1) is 20.8 Å². The number of rotatable bonds is 3. The van der Waals surface area contributed by atoms with Crippen LogP contribution >= 0.6 is 0 Å². The molecular formula is C22H26N2O3. The van der Waals surface area contributed by atoms with Crippen LogP contribution in [-0.4, -0.2) is 39.8 Å². The Balaban J connectivity index is 1.68. The summed E-state index contributed by atoms with van der Waals surface area (Å²) in [6.45, 7) is 6.28. The fourth-order valence-electron chi connectivity index (χ4n) is 4.19. The molecule has 142 valence electrons. The van der Waals surface area contributed by atoms with Gasteiger partial charge in [0.15, 0.2) is 6.73 Å². The second-order valence-corrected chi connectivity index (χ2v) is 7.76. The van der Waals surface area contributed by atoms with E-state index in [1.165, 1.54) is 0 Å². The number of hydrogen-bond acceptors (Lipinski definition) is 4. The molecule has 1 amide bonds. The molecule has 27 heavy (non-hydrogen) atoms. The first-order valence-electron chi connectivity index (χ1n) is 9.62. The van der Waals surface area contributed by atoms with E-state index >= 15 is 0 Å². The summed E-state index contributed by atoms with van der Waals surface area (Å²) in [4.78, 5) is 19.3. The molecule has 2 atom stereocenters. The highest BCUT2D eigenvalue weighted by Gasteiger charge is 2.38. The van der Waals surface area contributed by atoms with Gasteiger partial charge in [0.2, 0.25) is 0 Å². The van der Waals surface area contributed by atoms with E-state index in [1.54, 1.807) is 4.90 Å². The summed E-state index contributed by atoms with van der Waals surface area (Å²) >= 11 is 0. The molecule has 1 aromatic carbocycles. The molecule has 2 aromatic rings. The molecule has 0 radical (unpaired) electrons.